The quantitative estimate of drug-likeness (QED) is 0.876. The van der Waals surface area contributed by atoms with E-state index in [0.29, 0.717) is 11.6 Å². The molecule has 2 fully saturated rings. The Labute approximate surface area is 114 Å². The smallest absolute Gasteiger partial charge is 0.251 e. The highest BCUT2D eigenvalue weighted by atomic mass is 16.1. The van der Waals surface area contributed by atoms with Crippen LogP contribution in [0.15, 0.2) is 18.3 Å². The van der Waals surface area contributed by atoms with Crippen LogP contribution in [0.5, 0.6) is 0 Å². The molecule has 2 aliphatic carbocycles. The van der Waals surface area contributed by atoms with Gasteiger partial charge in [-0.2, -0.15) is 0 Å². The second-order valence-corrected chi connectivity index (χ2v) is 5.69. The minimum atomic E-state index is 0.0384. The SMILES string of the molecule is CNc1cc(C(=O)N[C@@H]2CC[C@H]3CCC[C@H]32)ccn1. The number of nitrogens with one attached hydrogen (secondary N) is 2. The van der Waals surface area contributed by atoms with Gasteiger partial charge < -0.3 is 10.6 Å². The lowest BCUT2D eigenvalue weighted by molar-refractivity contribution is 0.0926. The van der Waals surface area contributed by atoms with E-state index in [4.69, 9.17) is 0 Å². The van der Waals surface area contributed by atoms with Crippen LogP contribution >= 0.6 is 0 Å². The number of carbonyl (C=O) groups excluding carboxylic acids is 1. The molecule has 3 atom stereocenters. The number of pyridine rings is 1. The number of hydrogen-bond acceptors (Lipinski definition) is 3. The van der Waals surface area contributed by atoms with Crippen LogP contribution in [0, 0.1) is 11.8 Å². The van der Waals surface area contributed by atoms with Crippen molar-refractivity contribution in [3.05, 3.63) is 23.9 Å². The van der Waals surface area contributed by atoms with Gasteiger partial charge in [-0.05, 0) is 43.2 Å². The third kappa shape index (κ3) is 2.44. The lowest BCUT2D eigenvalue weighted by atomic mass is 9.97. The van der Waals surface area contributed by atoms with Gasteiger partial charge in [0.15, 0.2) is 0 Å². The van der Waals surface area contributed by atoms with Crippen LogP contribution in [0.2, 0.25) is 0 Å². The number of amides is 1. The third-order valence-corrected chi connectivity index (χ3v) is 4.68. The first-order valence-electron chi connectivity index (χ1n) is 7.22. The van der Waals surface area contributed by atoms with E-state index in [2.05, 4.69) is 15.6 Å². The highest BCUT2D eigenvalue weighted by Gasteiger charge is 2.39. The van der Waals surface area contributed by atoms with Crippen LogP contribution in [0.4, 0.5) is 5.82 Å². The van der Waals surface area contributed by atoms with Crippen LogP contribution in [-0.4, -0.2) is 24.0 Å². The predicted molar refractivity (Wildman–Crippen MR) is 75.1 cm³/mol. The van der Waals surface area contributed by atoms with Gasteiger partial charge in [-0.1, -0.05) is 12.8 Å². The molecule has 0 saturated heterocycles. The van der Waals surface area contributed by atoms with Crippen LogP contribution in [-0.2, 0) is 0 Å². The maximum atomic E-state index is 12.3. The second-order valence-electron chi connectivity index (χ2n) is 5.69. The summed E-state index contributed by atoms with van der Waals surface area (Å²) in [7, 11) is 1.81. The molecule has 0 unspecified atom stereocenters. The zero-order valence-corrected chi connectivity index (χ0v) is 11.4. The average molecular weight is 259 g/mol. The Kier molecular flexibility index (Phi) is 3.40. The molecule has 3 rings (SSSR count). The van der Waals surface area contributed by atoms with Crippen molar-refractivity contribution in [3.63, 3.8) is 0 Å². The van der Waals surface area contributed by atoms with Gasteiger partial charge in [0, 0.05) is 24.8 Å². The lowest BCUT2D eigenvalue weighted by Gasteiger charge is -2.20. The van der Waals surface area contributed by atoms with E-state index in [0.717, 1.165) is 24.1 Å². The summed E-state index contributed by atoms with van der Waals surface area (Å²) in [6, 6.07) is 3.96. The molecular formula is C15H21N3O. The van der Waals surface area contributed by atoms with E-state index in [-0.39, 0.29) is 5.91 Å². The number of hydrogen-bond donors (Lipinski definition) is 2. The molecule has 1 aromatic heterocycles. The van der Waals surface area contributed by atoms with Crippen molar-refractivity contribution in [1.82, 2.24) is 10.3 Å². The number of nitrogens with zero attached hydrogens (tertiary/aromatic N) is 1. The summed E-state index contributed by atoms with van der Waals surface area (Å²) in [5.74, 6) is 2.35. The fourth-order valence-corrected chi connectivity index (χ4v) is 3.70. The van der Waals surface area contributed by atoms with Gasteiger partial charge in [-0.15, -0.1) is 0 Å². The standard InChI is InChI=1S/C15H21N3O/c1-16-14-9-11(7-8-17-14)15(19)18-13-6-5-10-3-2-4-12(10)13/h7-10,12-13H,2-6H2,1H3,(H,16,17)(H,18,19)/t10-,12-,13-/m1/s1. The zero-order chi connectivity index (χ0) is 13.2. The van der Waals surface area contributed by atoms with Crippen molar-refractivity contribution < 1.29 is 4.79 Å². The Hall–Kier alpha value is -1.58. The van der Waals surface area contributed by atoms with E-state index < -0.39 is 0 Å². The normalized spacial score (nSPS) is 29.0. The number of rotatable bonds is 3. The summed E-state index contributed by atoms with van der Waals surface area (Å²) in [4.78, 5) is 16.4. The van der Waals surface area contributed by atoms with Gasteiger partial charge in [0.2, 0.25) is 0 Å². The molecule has 0 bridgehead atoms. The van der Waals surface area contributed by atoms with Crippen LogP contribution in [0.25, 0.3) is 0 Å². The molecule has 1 heterocycles. The molecule has 2 aliphatic rings. The Morgan fingerprint density at radius 1 is 1.32 bits per heavy atom. The Bertz CT molecular complexity index is 474. The van der Waals surface area contributed by atoms with Gasteiger partial charge in [0.05, 0.1) is 0 Å². The summed E-state index contributed by atoms with van der Waals surface area (Å²) in [5.41, 5.74) is 0.695. The molecular weight excluding hydrogens is 238 g/mol. The van der Waals surface area contributed by atoms with Crippen LogP contribution < -0.4 is 10.6 Å². The number of fused-ring (bicyclic) bond motifs is 1. The van der Waals surface area contributed by atoms with Crippen molar-refractivity contribution in [2.24, 2.45) is 11.8 Å². The summed E-state index contributed by atoms with van der Waals surface area (Å²) in [6.45, 7) is 0. The average Bonchev–Trinajstić information content (AvgIpc) is 3.04. The second kappa shape index (κ2) is 5.19. The summed E-state index contributed by atoms with van der Waals surface area (Å²) in [6.07, 6.45) is 8.08. The number of carbonyl (C=O) groups is 1. The molecule has 1 amide bonds. The van der Waals surface area contributed by atoms with Gasteiger partial charge in [0.25, 0.3) is 5.91 Å². The lowest BCUT2D eigenvalue weighted by Crippen LogP contribution is -2.37. The summed E-state index contributed by atoms with van der Waals surface area (Å²) < 4.78 is 0. The fraction of sp³-hybridized carbons (Fsp3) is 0.600. The van der Waals surface area contributed by atoms with E-state index in [1.54, 1.807) is 18.3 Å². The first-order chi connectivity index (χ1) is 9.28. The van der Waals surface area contributed by atoms with Gasteiger partial charge in [-0.3, -0.25) is 4.79 Å². The third-order valence-electron chi connectivity index (χ3n) is 4.68. The Morgan fingerprint density at radius 3 is 3.05 bits per heavy atom. The van der Waals surface area contributed by atoms with Crippen molar-refractivity contribution in [1.29, 1.82) is 0 Å². The van der Waals surface area contributed by atoms with Crippen molar-refractivity contribution in [3.8, 4) is 0 Å². The van der Waals surface area contributed by atoms with Crippen LogP contribution in [0.1, 0.15) is 42.5 Å². The Balaban J connectivity index is 1.67. The molecule has 4 heteroatoms. The molecule has 1 aromatic rings. The number of aromatic nitrogens is 1. The molecule has 2 saturated carbocycles. The topological polar surface area (TPSA) is 54.0 Å². The van der Waals surface area contributed by atoms with Gasteiger partial charge in [0.1, 0.15) is 5.82 Å². The highest BCUT2D eigenvalue weighted by Crippen LogP contribution is 2.43. The fourth-order valence-electron chi connectivity index (χ4n) is 3.70. The highest BCUT2D eigenvalue weighted by molar-refractivity contribution is 5.95. The summed E-state index contributed by atoms with van der Waals surface area (Å²) in [5, 5.41) is 6.19. The first-order valence-corrected chi connectivity index (χ1v) is 7.22. The molecule has 0 radical (unpaired) electrons. The van der Waals surface area contributed by atoms with E-state index in [1.165, 1.54) is 25.7 Å². The maximum absolute atomic E-state index is 12.3. The Morgan fingerprint density at radius 2 is 2.21 bits per heavy atom. The minimum Gasteiger partial charge on any atom is -0.373 e. The number of anilines is 1. The summed E-state index contributed by atoms with van der Waals surface area (Å²) >= 11 is 0. The molecule has 0 spiro atoms. The van der Waals surface area contributed by atoms with Gasteiger partial charge in [-0.25, -0.2) is 4.98 Å². The molecule has 102 valence electrons. The first kappa shape index (κ1) is 12.5. The maximum Gasteiger partial charge on any atom is 0.251 e. The molecule has 0 aliphatic heterocycles. The molecule has 4 nitrogen and oxygen atoms in total. The zero-order valence-electron chi connectivity index (χ0n) is 11.4. The van der Waals surface area contributed by atoms with Crippen molar-refractivity contribution in [2.45, 2.75) is 38.1 Å². The van der Waals surface area contributed by atoms with Gasteiger partial charge >= 0.3 is 0 Å². The van der Waals surface area contributed by atoms with E-state index >= 15 is 0 Å². The monoisotopic (exact) mass is 259 g/mol. The van der Waals surface area contributed by atoms with E-state index in [9.17, 15) is 4.79 Å². The van der Waals surface area contributed by atoms with Crippen LogP contribution in [0.3, 0.4) is 0 Å². The minimum absolute atomic E-state index is 0.0384. The largest absolute Gasteiger partial charge is 0.373 e. The van der Waals surface area contributed by atoms with Crippen molar-refractivity contribution in [2.75, 3.05) is 12.4 Å². The molecule has 0 aromatic carbocycles. The molecule has 2 N–H and O–H groups in total. The molecule has 19 heavy (non-hydrogen) atoms. The van der Waals surface area contributed by atoms with E-state index in [1.807, 2.05) is 7.05 Å². The van der Waals surface area contributed by atoms with Crippen molar-refractivity contribution >= 4 is 11.7 Å². The predicted octanol–water partition coefficient (Wildman–Crippen LogP) is 2.43.